The molecule has 5 nitrogen and oxygen atoms in total. The minimum Gasteiger partial charge on any atom is -0.375 e. The van der Waals surface area contributed by atoms with E-state index in [-0.39, 0.29) is 0 Å². The van der Waals surface area contributed by atoms with Gasteiger partial charge in [0.25, 0.3) is 5.89 Å². The lowest BCUT2D eigenvalue weighted by molar-refractivity contribution is 0.425. The van der Waals surface area contributed by atoms with Gasteiger partial charge in [-0.2, -0.15) is 4.98 Å². The van der Waals surface area contributed by atoms with Gasteiger partial charge in [0.15, 0.2) is 11.0 Å². The van der Waals surface area contributed by atoms with Crippen LogP contribution in [0.1, 0.15) is 11.4 Å². The molecule has 2 N–H and O–H groups in total. The van der Waals surface area contributed by atoms with Crippen molar-refractivity contribution in [1.29, 1.82) is 0 Å². The highest BCUT2D eigenvalue weighted by Crippen LogP contribution is 2.29. The van der Waals surface area contributed by atoms with Crippen LogP contribution in [0.4, 0.5) is 5.13 Å². The number of benzene rings is 1. The van der Waals surface area contributed by atoms with Crippen molar-refractivity contribution in [1.82, 2.24) is 15.1 Å². The molecule has 3 rings (SSSR count). The number of hydrogen-bond acceptors (Lipinski definition) is 7. The number of aromatic nitrogens is 3. The number of hydrogen-bond donors (Lipinski definition) is 1. The maximum atomic E-state index is 5.58. The average molecular weight is 304 g/mol. The van der Waals surface area contributed by atoms with Crippen molar-refractivity contribution in [3.05, 3.63) is 41.9 Å². The molecule has 0 spiro atoms. The Labute approximate surface area is 124 Å². The van der Waals surface area contributed by atoms with E-state index in [2.05, 4.69) is 15.1 Å². The molecule has 2 heterocycles. The molecule has 7 heteroatoms. The van der Waals surface area contributed by atoms with Gasteiger partial charge in [0.2, 0.25) is 0 Å². The van der Waals surface area contributed by atoms with E-state index in [1.165, 1.54) is 16.9 Å². The molecule has 2 aromatic heterocycles. The molecule has 0 bridgehead atoms. The van der Waals surface area contributed by atoms with Crippen LogP contribution in [0.2, 0.25) is 0 Å². The molecule has 0 saturated heterocycles. The minimum atomic E-state index is 0.546. The van der Waals surface area contributed by atoms with Crippen LogP contribution in [0.25, 0.3) is 11.5 Å². The fourth-order valence-electron chi connectivity index (χ4n) is 1.60. The van der Waals surface area contributed by atoms with Crippen molar-refractivity contribution in [2.45, 2.75) is 16.9 Å². The standard InChI is InChI=1S/C13H12N4OS2/c1-8-2-4-9(5-3-8)12-16-10(17-18-12)7-19-11-6-15-13(14)20-11/h2-6H,7H2,1H3,(H2,14,15). The number of anilines is 1. The summed E-state index contributed by atoms with van der Waals surface area (Å²) >= 11 is 3.05. The summed E-state index contributed by atoms with van der Waals surface area (Å²) in [5.74, 6) is 1.85. The highest BCUT2D eigenvalue weighted by molar-refractivity contribution is 8.00. The van der Waals surface area contributed by atoms with Crippen LogP contribution in [-0.2, 0) is 5.75 Å². The normalized spacial score (nSPS) is 10.8. The number of nitrogen functional groups attached to an aromatic ring is 1. The molecule has 0 aliphatic heterocycles. The van der Waals surface area contributed by atoms with Crippen molar-refractivity contribution in [2.24, 2.45) is 0 Å². The lowest BCUT2D eigenvalue weighted by Crippen LogP contribution is -1.83. The fourth-order valence-corrected chi connectivity index (χ4v) is 3.20. The molecule has 0 saturated carbocycles. The third-order valence-electron chi connectivity index (χ3n) is 2.61. The van der Waals surface area contributed by atoms with Crippen LogP contribution in [0.5, 0.6) is 0 Å². The Morgan fingerprint density at radius 1 is 1.30 bits per heavy atom. The number of rotatable bonds is 4. The monoisotopic (exact) mass is 304 g/mol. The van der Waals surface area contributed by atoms with E-state index in [1.54, 1.807) is 18.0 Å². The zero-order chi connectivity index (χ0) is 13.9. The number of nitrogens with two attached hydrogens (primary N) is 1. The summed E-state index contributed by atoms with van der Waals surface area (Å²) in [6, 6.07) is 8.00. The van der Waals surface area contributed by atoms with E-state index in [9.17, 15) is 0 Å². The second-order valence-electron chi connectivity index (χ2n) is 4.19. The molecule has 0 unspecified atom stereocenters. The second kappa shape index (κ2) is 5.64. The van der Waals surface area contributed by atoms with Gasteiger partial charge >= 0.3 is 0 Å². The van der Waals surface area contributed by atoms with Crippen LogP contribution >= 0.6 is 23.1 Å². The quantitative estimate of drug-likeness (QED) is 0.744. The Morgan fingerprint density at radius 2 is 2.10 bits per heavy atom. The Kier molecular flexibility index (Phi) is 3.70. The predicted octanol–water partition coefficient (Wildman–Crippen LogP) is 3.38. The van der Waals surface area contributed by atoms with Gasteiger partial charge < -0.3 is 10.3 Å². The lowest BCUT2D eigenvalue weighted by Gasteiger charge is -1.94. The van der Waals surface area contributed by atoms with Crippen molar-refractivity contribution >= 4 is 28.2 Å². The second-order valence-corrected chi connectivity index (χ2v) is 6.53. The summed E-state index contributed by atoms with van der Waals surface area (Å²) in [6.45, 7) is 2.04. The van der Waals surface area contributed by atoms with Crippen LogP contribution in [0.15, 0.2) is 39.2 Å². The van der Waals surface area contributed by atoms with Gasteiger partial charge in [-0.1, -0.05) is 34.2 Å². The van der Waals surface area contributed by atoms with E-state index in [1.807, 2.05) is 31.2 Å². The first-order chi connectivity index (χ1) is 9.70. The van der Waals surface area contributed by atoms with Gasteiger partial charge in [-0.3, -0.25) is 0 Å². The predicted molar refractivity (Wildman–Crippen MR) is 80.6 cm³/mol. The number of thioether (sulfide) groups is 1. The van der Waals surface area contributed by atoms with Crippen molar-refractivity contribution in [2.75, 3.05) is 5.73 Å². The molecule has 20 heavy (non-hydrogen) atoms. The molecule has 3 aromatic rings. The van der Waals surface area contributed by atoms with Crippen LogP contribution in [0.3, 0.4) is 0 Å². The highest BCUT2D eigenvalue weighted by atomic mass is 32.2. The first kappa shape index (κ1) is 13.1. The third kappa shape index (κ3) is 3.00. The summed E-state index contributed by atoms with van der Waals surface area (Å²) in [7, 11) is 0. The average Bonchev–Trinajstić information content (AvgIpc) is 3.06. The molecule has 102 valence electrons. The highest BCUT2D eigenvalue weighted by Gasteiger charge is 2.09. The summed E-state index contributed by atoms with van der Waals surface area (Å²) in [4.78, 5) is 8.39. The van der Waals surface area contributed by atoms with Gasteiger partial charge in [-0.05, 0) is 19.1 Å². The van der Waals surface area contributed by atoms with Gasteiger partial charge in [-0.25, -0.2) is 4.98 Å². The largest absolute Gasteiger partial charge is 0.375 e. The first-order valence-corrected chi connectivity index (χ1v) is 7.74. The summed E-state index contributed by atoms with van der Waals surface area (Å²) in [5.41, 5.74) is 7.72. The number of aryl methyl sites for hydroxylation is 1. The van der Waals surface area contributed by atoms with Crippen molar-refractivity contribution in [3.63, 3.8) is 0 Å². The topological polar surface area (TPSA) is 77.8 Å². The summed E-state index contributed by atoms with van der Waals surface area (Å²) in [6.07, 6.45) is 1.76. The van der Waals surface area contributed by atoms with Gasteiger partial charge in [0.05, 0.1) is 16.2 Å². The Balaban J connectivity index is 1.69. The zero-order valence-corrected chi connectivity index (χ0v) is 12.4. The molecular weight excluding hydrogens is 292 g/mol. The molecule has 0 radical (unpaired) electrons. The van der Waals surface area contributed by atoms with E-state index in [4.69, 9.17) is 10.3 Å². The van der Waals surface area contributed by atoms with Crippen molar-refractivity contribution < 1.29 is 4.52 Å². The van der Waals surface area contributed by atoms with Crippen LogP contribution in [0, 0.1) is 6.92 Å². The van der Waals surface area contributed by atoms with E-state index < -0.39 is 0 Å². The number of nitrogens with zero attached hydrogens (tertiary/aromatic N) is 3. The Bertz CT molecular complexity index is 705. The van der Waals surface area contributed by atoms with E-state index in [0.717, 1.165) is 9.77 Å². The Morgan fingerprint density at radius 3 is 2.80 bits per heavy atom. The molecule has 0 aliphatic carbocycles. The fraction of sp³-hybridized carbons (Fsp3) is 0.154. The zero-order valence-electron chi connectivity index (χ0n) is 10.7. The van der Waals surface area contributed by atoms with Gasteiger partial charge in [-0.15, -0.1) is 11.8 Å². The number of thiazole rings is 1. The first-order valence-electron chi connectivity index (χ1n) is 5.94. The van der Waals surface area contributed by atoms with E-state index >= 15 is 0 Å². The third-order valence-corrected chi connectivity index (χ3v) is 4.63. The molecule has 0 amide bonds. The lowest BCUT2D eigenvalue weighted by atomic mass is 10.1. The Hall–Kier alpha value is -1.86. The maximum Gasteiger partial charge on any atom is 0.257 e. The van der Waals surface area contributed by atoms with Gasteiger partial charge in [0.1, 0.15) is 0 Å². The molecule has 0 atom stereocenters. The van der Waals surface area contributed by atoms with Crippen LogP contribution < -0.4 is 5.73 Å². The van der Waals surface area contributed by atoms with Crippen molar-refractivity contribution in [3.8, 4) is 11.5 Å². The minimum absolute atomic E-state index is 0.546. The molecule has 1 aromatic carbocycles. The molecule has 0 fully saturated rings. The summed E-state index contributed by atoms with van der Waals surface area (Å²) in [5, 5.41) is 4.55. The van der Waals surface area contributed by atoms with Crippen LogP contribution in [-0.4, -0.2) is 15.1 Å². The molecular formula is C13H12N4OS2. The molecule has 0 aliphatic rings. The summed E-state index contributed by atoms with van der Waals surface area (Å²) < 4.78 is 6.32. The van der Waals surface area contributed by atoms with Gasteiger partial charge in [0, 0.05) is 5.56 Å². The maximum absolute atomic E-state index is 5.58. The smallest absolute Gasteiger partial charge is 0.257 e. The SMILES string of the molecule is Cc1ccc(-c2nc(CSc3cnc(N)s3)no2)cc1. The van der Waals surface area contributed by atoms with E-state index in [0.29, 0.717) is 22.6 Å².